The zero-order chi connectivity index (χ0) is 14.7. The molecule has 0 saturated heterocycles. The Labute approximate surface area is 131 Å². The molecule has 20 heavy (non-hydrogen) atoms. The van der Waals surface area contributed by atoms with Gasteiger partial charge in [0, 0.05) is 20.6 Å². The Balaban J connectivity index is 2.51. The van der Waals surface area contributed by atoms with E-state index in [1.54, 1.807) is 44.6 Å². The number of hydrogen-bond acceptors (Lipinski definition) is 3. The van der Waals surface area contributed by atoms with E-state index in [-0.39, 0.29) is 0 Å². The van der Waals surface area contributed by atoms with Crippen molar-refractivity contribution in [1.82, 2.24) is 0 Å². The standard InChI is InChI=1S/C15H14BrClO3/c1-19-10-4-6-14(20-2)12(8-10)15(18)11-7-9(16)3-5-13(11)17/h3-8,15,18H,1-2H3. The first-order chi connectivity index (χ1) is 9.56. The molecule has 2 aromatic carbocycles. The quantitative estimate of drug-likeness (QED) is 0.891. The summed E-state index contributed by atoms with van der Waals surface area (Å²) in [5.74, 6) is 1.22. The Bertz CT molecular complexity index is 616. The third kappa shape index (κ3) is 3.08. The Morgan fingerprint density at radius 1 is 1.05 bits per heavy atom. The molecule has 5 heteroatoms. The molecule has 0 aliphatic rings. The first-order valence-electron chi connectivity index (χ1n) is 5.91. The van der Waals surface area contributed by atoms with E-state index in [0.717, 1.165) is 4.47 Å². The maximum absolute atomic E-state index is 10.6. The number of aliphatic hydroxyl groups excluding tert-OH is 1. The van der Waals surface area contributed by atoms with Crippen LogP contribution >= 0.6 is 27.5 Å². The van der Waals surface area contributed by atoms with Crippen molar-refractivity contribution in [3.8, 4) is 11.5 Å². The van der Waals surface area contributed by atoms with E-state index in [4.69, 9.17) is 21.1 Å². The fraction of sp³-hybridized carbons (Fsp3) is 0.200. The molecule has 1 atom stereocenters. The molecule has 106 valence electrons. The minimum atomic E-state index is -0.898. The molecule has 0 aliphatic carbocycles. The molecule has 0 fully saturated rings. The average molecular weight is 358 g/mol. The topological polar surface area (TPSA) is 38.7 Å². The van der Waals surface area contributed by atoms with Crippen molar-refractivity contribution >= 4 is 27.5 Å². The number of benzene rings is 2. The molecule has 0 amide bonds. The molecule has 0 bridgehead atoms. The summed E-state index contributed by atoms with van der Waals surface area (Å²) >= 11 is 9.53. The van der Waals surface area contributed by atoms with Gasteiger partial charge in [-0.05, 0) is 36.4 Å². The van der Waals surface area contributed by atoms with Gasteiger partial charge in [0.1, 0.15) is 17.6 Å². The van der Waals surface area contributed by atoms with Crippen LogP contribution < -0.4 is 9.47 Å². The molecule has 0 spiro atoms. The van der Waals surface area contributed by atoms with Crippen molar-refractivity contribution in [2.45, 2.75) is 6.10 Å². The van der Waals surface area contributed by atoms with Crippen LogP contribution in [0.15, 0.2) is 40.9 Å². The molecule has 2 aromatic rings. The van der Waals surface area contributed by atoms with Crippen molar-refractivity contribution in [3.63, 3.8) is 0 Å². The molecule has 0 aromatic heterocycles. The van der Waals surface area contributed by atoms with Crippen LogP contribution in [0.1, 0.15) is 17.2 Å². The summed E-state index contributed by atoms with van der Waals surface area (Å²) in [6, 6.07) is 10.6. The van der Waals surface area contributed by atoms with Gasteiger partial charge in [-0.1, -0.05) is 27.5 Å². The monoisotopic (exact) mass is 356 g/mol. The zero-order valence-electron chi connectivity index (χ0n) is 11.1. The lowest BCUT2D eigenvalue weighted by Gasteiger charge is -2.17. The largest absolute Gasteiger partial charge is 0.497 e. The number of aliphatic hydroxyl groups is 1. The third-order valence-corrected chi connectivity index (χ3v) is 3.82. The summed E-state index contributed by atoms with van der Waals surface area (Å²) in [5.41, 5.74) is 1.21. The van der Waals surface area contributed by atoms with E-state index in [0.29, 0.717) is 27.6 Å². The summed E-state index contributed by atoms with van der Waals surface area (Å²) in [4.78, 5) is 0. The van der Waals surface area contributed by atoms with Gasteiger partial charge in [-0.25, -0.2) is 0 Å². The molecule has 2 rings (SSSR count). The van der Waals surface area contributed by atoms with Crippen LogP contribution in [-0.2, 0) is 0 Å². The second-order valence-electron chi connectivity index (χ2n) is 4.18. The van der Waals surface area contributed by atoms with Crippen LogP contribution in [-0.4, -0.2) is 19.3 Å². The van der Waals surface area contributed by atoms with Gasteiger partial charge in [0.15, 0.2) is 0 Å². The predicted octanol–water partition coefficient (Wildman–Crippen LogP) is 4.20. The van der Waals surface area contributed by atoms with Gasteiger partial charge in [-0.15, -0.1) is 0 Å². The van der Waals surface area contributed by atoms with Gasteiger partial charge in [-0.3, -0.25) is 0 Å². The van der Waals surface area contributed by atoms with Gasteiger partial charge in [0.2, 0.25) is 0 Å². The highest BCUT2D eigenvalue weighted by atomic mass is 79.9. The van der Waals surface area contributed by atoms with Crippen LogP contribution in [0.3, 0.4) is 0 Å². The van der Waals surface area contributed by atoms with Crippen LogP contribution in [0.4, 0.5) is 0 Å². The minimum Gasteiger partial charge on any atom is -0.497 e. The van der Waals surface area contributed by atoms with Gasteiger partial charge in [-0.2, -0.15) is 0 Å². The second-order valence-corrected chi connectivity index (χ2v) is 5.50. The summed E-state index contributed by atoms with van der Waals surface area (Å²) in [5, 5.41) is 11.1. The normalized spacial score (nSPS) is 12.1. The first kappa shape index (κ1) is 15.2. The molecular weight excluding hydrogens is 344 g/mol. The highest BCUT2D eigenvalue weighted by Crippen LogP contribution is 2.36. The molecule has 1 unspecified atom stereocenters. The summed E-state index contributed by atoms with van der Waals surface area (Å²) in [7, 11) is 3.13. The van der Waals surface area contributed by atoms with Crippen molar-refractivity contribution in [1.29, 1.82) is 0 Å². The highest BCUT2D eigenvalue weighted by Gasteiger charge is 2.19. The van der Waals surface area contributed by atoms with E-state index >= 15 is 0 Å². The second kappa shape index (κ2) is 6.48. The minimum absolute atomic E-state index is 0.491. The maximum atomic E-state index is 10.6. The van der Waals surface area contributed by atoms with E-state index in [1.165, 1.54) is 0 Å². The van der Waals surface area contributed by atoms with Gasteiger partial charge >= 0.3 is 0 Å². The van der Waals surface area contributed by atoms with Gasteiger partial charge in [0.25, 0.3) is 0 Å². The van der Waals surface area contributed by atoms with Crippen molar-refractivity contribution in [2.24, 2.45) is 0 Å². The lowest BCUT2D eigenvalue weighted by Crippen LogP contribution is -2.04. The number of halogens is 2. The van der Waals surface area contributed by atoms with E-state index in [2.05, 4.69) is 15.9 Å². The fourth-order valence-electron chi connectivity index (χ4n) is 1.94. The number of methoxy groups -OCH3 is 2. The molecule has 1 N–H and O–H groups in total. The van der Waals surface area contributed by atoms with Crippen molar-refractivity contribution in [3.05, 3.63) is 57.0 Å². The van der Waals surface area contributed by atoms with Crippen LogP contribution in [0.2, 0.25) is 5.02 Å². The average Bonchev–Trinajstić information content (AvgIpc) is 2.48. The maximum Gasteiger partial charge on any atom is 0.125 e. The zero-order valence-corrected chi connectivity index (χ0v) is 13.4. The number of ether oxygens (including phenoxy) is 2. The van der Waals surface area contributed by atoms with Crippen LogP contribution in [0.25, 0.3) is 0 Å². The molecule has 0 aliphatic heterocycles. The van der Waals surface area contributed by atoms with E-state index in [1.807, 2.05) is 6.07 Å². The molecule has 3 nitrogen and oxygen atoms in total. The Morgan fingerprint density at radius 3 is 2.45 bits per heavy atom. The lowest BCUT2D eigenvalue weighted by molar-refractivity contribution is 0.214. The summed E-state index contributed by atoms with van der Waals surface area (Å²) in [6.07, 6.45) is -0.898. The van der Waals surface area contributed by atoms with Crippen molar-refractivity contribution < 1.29 is 14.6 Å². The predicted molar refractivity (Wildman–Crippen MR) is 82.8 cm³/mol. The van der Waals surface area contributed by atoms with Crippen molar-refractivity contribution in [2.75, 3.05) is 14.2 Å². The first-order valence-corrected chi connectivity index (χ1v) is 7.09. The Morgan fingerprint density at radius 2 is 1.80 bits per heavy atom. The molecule has 0 saturated carbocycles. The van der Waals surface area contributed by atoms with Crippen LogP contribution in [0, 0.1) is 0 Å². The van der Waals surface area contributed by atoms with Gasteiger partial charge < -0.3 is 14.6 Å². The highest BCUT2D eigenvalue weighted by molar-refractivity contribution is 9.10. The van der Waals surface area contributed by atoms with E-state index < -0.39 is 6.10 Å². The Kier molecular flexibility index (Phi) is 4.91. The summed E-state index contributed by atoms with van der Waals surface area (Å²) < 4.78 is 11.3. The summed E-state index contributed by atoms with van der Waals surface area (Å²) in [6.45, 7) is 0. The SMILES string of the molecule is COc1ccc(OC)c(C(O)c2cc(Br)ccc2Cl)c1. The Hall–Kier alpha value is -1.23. The third-order valence-electron chi connectivity index (χ3n) is 2.98. The van der Waals surface area contributed by atoms with Crippen LogP contribution in [0.5, 0.6) is 11.5 Å². The lowest BCUT2D eigenvalue weighted by atomic mass is 10.0. The molecule has 0 radical (unpaired) electrons. The molecule has 0 heterocycles. The van der Waals surface area contributed by atoms with E-state index in [9.17, 15) is 5.11 Å². The number of rotatable bonds is 4. The fourth-order valence-corrected chi connectivity index (χ4v) is 2.54. The number of hydrogen-bond donors (Lipinski definition) is 1. The van der Waals surface area contributed by atoms with Gasteiger partial charge in [0.05, 0.1) is 14.2 Å². The smallest absolute Gasteiger partial charge is 0.125 e. The molecular formula is C15H14BrClO3.